The molecule has 0 aliphatic heterocycles. The fourth-order valence-corrected chi connectivity index (χ4v) is 3.07. The summed E-state index contributed by atoms with van der Waals surface area (Å²) in [6, 6.07) is 0. The molecule has 0 fully saturated rings. The molecule has 4 heteroatoms. The third-order valence-corrected chi connectivity index (χ3v) is 5.07. The lowest BCUT2D eigenvalue weighted by molar-refractivity contribution is 0.177. The first-order valence-corrected chi connectivity index (χ1v) is 5.73. The topological polar surface area (TPSA) is 20.2 Å². The SMILES string of the molecule is CC[C@@H](O)c1scc(Br)c1Br. The van der Waals surface area contributed by atoms with Gasteiger partial charge in [-0.2, -0.15) is 0 Å². The molecule has 1 atom stereocenters. The molecule has 1 aromatic heterocycles. The van der Waals surface area contributed by atoms with E-state index in [0.29, 0.717) is 0 Å². The Bertz CT molecular complexity index is 247. The molecule has 0 radical (unpaired) electrons. The van der Waals surface area contributed by atoms with Crippen LogP contribution in [0.25, 0.3) is 0 Å². The Balaban J connectivity index is 2.94. The van der Waals surface area contributed by atoms with Crippen LogP contribution in [0.2, 0.25) is 0 Å². The van der Waals surface area contributed by atoms with Gasteiger partial charge in [-0.3, -0.25) is 0 Å². The summed E-state index contributed by atoms with van der Waals surface area (Å²) in [6.07, 6.45) is 0.423. The average molecular weight is 300 g/mol. The van der Waals surface area contributed by atoms with Crippen LogP contribution in [0.15, 0.2) is 14.3 Å². The van der Waals surface area contributed by atoms with Crippen LogP contribution in [0.5, 0.6) is 0 Å². The van der Waals surface area contributed by atoms with E-state index in [1.807, 2.05) is 12.3 Å². The zero-order valence-electron chi connectivity index (χ0n) is 5.97. The maximum absolute atomic E-state index is 9.48. The molecule has 1 N–H and O–H groups in total. The molecule has 0 bridgehead atoms. The van der Waals surface area contributed by atoms with Crippen molar-refractivity contribution in [2.75, 3.05) is 0 Å². The molecule has 0 amide bonds. The molecule has 0 aliphatic rings. The van der Waals surface area contributed by atoms with Crippen LogP contribution in [0.4, 0.5) is 0 Å². The summed E-state index contributed by atoms with van der Waals surface area (Å²) in [4.78, 5) is 0.999. The Morgan fingerprint density at radius 1 is 1.64 bits per heavy atom. The highest BCUT2D eigenvalue weighted by molar-refractivity contribution is 9.13. The van der Waals surface area contributed by atoms with E-state index in [2.05, 4.69) is 31.9 Å². The molecule has 0 saturated carbocycles. The van der Waals surface area contributed by atoms with E-state index < -0.39 is 0 Å². The minimum absolute atomic E-state index is 0.333. The second-order valence-corrected chi connectivity index (χ2v) is 4.74. The Labute approximate surface area is 86.7 Å². The smallest absolute Gasteiger partial charge is 0.0891 e. The van der Waals surface area contributed by atoms with Gasteiger partial charge in [-0.15, -0.1) is 11.3 Å². The Hall–Kier alpha value is 0.620. The predicted octanol–water partition coefficient (Wildman–Crippen LogP) is 3.72. The van der Waals surface area contributed by atoms with Crippen LogP contribution < -0.4 is 0 Å². The Kier molecular flexibility index (Phi) is 3.55. The van der Waals surface area contributed by atoms with Crippen molar-refractivity contribution in [1.82, 2.24) is 0 Å². The fourth-order valence-electron chi connectivity index (χ4n) is 0.747. The molecule has 1 nitrogen and oxygen atoms in total. The number of aliphatic hydroxyl groups is 1. The van der Waals surface area contributed by atoms with Gasteiger partial charge in [0.1, 0.15) is 0 Å². The van der Waals surface area contributed by atoms with Gasteiger partial charge in [0, 0.05) is 19.2 Å². The fraction of sp³-hybridized carbons (Fsp3) is 0.429. The molecular weight excluding hydrogens is 292 g/mol. The van der Waals surface area contributed by atoms with Gasteiger partial charge in [-0.25, -0.2) is 0 Å². The lowest BCUT2D eigenvalue weighted by atomic mass is 10.2. The maximum Gasteiger partial charge on any atom is 0.0891 e. The van der Waals surface area contributed by atoms with Gasteiger partial charge in [-0.1, -0.05) is 6.92 Å². The molecule has 0 spiro atoms. The van der Waals surface area contributed by atoms with Crippen molar-refractivity contribution >= 4 is 43.2 Å². The van der Waals surface area contributed by atoms with Crippen LogP contribution in [0.1, 0.15) is 24.3 Å². The summed E-state index contributed by atoms with van der Waals surface area (Å²) in [7, 11) is 0. The van der Waals surface area contributed by atoms with Crippen molar-refractivity contribution < 1.29 is 5.11 Å². The number of thiophene rings is 1. The largest absolute Gasteiger partial charge is 0.388 e. The zero-order valence-corrected chi connectivity index (χ0v) is 9.96. The van der Waals surface area contributed by atoms with E-state index >= 15 is 0 Å². The zero-order chi connectivity index (χ0) is 8.43. The van der Waals surface area contributed by atoms with Gasteiger partial charge in [-0.05, 0) is 38.3 Å². The quantitative estimate of drug-likeness (QED) is 0.882. The third-order valence-electron chi connectivity index (χ3n) is 1.40. The van der Waals surface area contributed by atoms with Gasteiger partial charge in [0.05, 0.1) is 6.10 Å². The Morgan fingerprint density at radius 2 is 2.27 bits per heavy atom. The number of aliphatic hydroxyl groups excluding tert-OH is 1. The molecule has 0 saturated heterocycles. The monoisotopic (exact) mass is 298 g/mol. The van der Waals surface area contributed by atoms with E-state index in [4.69, 9.17) is 0 Å². The van der Waals surface area contributed by atoms with E-state index in [9.17, 15) is 5.11 Å². The number of rotatable bonds is 2. The van der Waals surface area contributed by atoms with Gasteiger partial charge < -0.3 is 5.11 Å². The summed E-state index contributed by atoms with van der Waals surface area (Å²) < 4.78 is 2.00. The van der Waals surface area contributed by atoms with Crippen molar-refractivity contribution in [3.63, 3.8) is 0 Å². The van der Waals surface area contributed by atoms with Gasteiger partial charge in [0.2, 0.25) is 0 Å². The van der Waals surface area contributed by atoms with Crippen LogP contribution in [-0.2, 0) is 0 Å². The van der Waals surface area contributed by atoms with Crippen molar-refractivity contribution in [3.05, 3.63) is 19.2 Å². The van der Waals surface area contributed by atoms with Crippen LogP contribution in [0.3, 0.4) is 0 Å². The highest BCUT2D eigenvalue weighted by Gasteiger charge is 2.13. The summed E-state index contributed by atoms with van der Waals surface area (Å²) in [5.74, 6) is 0. The van der Waals surface area contributed by atoms with Gasteiger partial charge in [0.25, 0.3) is 0 Å². The molecule has 62 valence electrons. The van der Waals surface area contributed by atoms with Crippen LogP contribution in [0, 0.1) is 0 Å². The van der Waals surface area contributed by atoms with E-state index in [0.717, 1.165) is 20.2 Å². The first-order chi connectivity index (χ1) is 5.16. The normalized spacial score (nSPS) is 13.5. The second kappa shape index (κ2) is 4.03. The van der Waals surface area contributed by atoms with Crippen molar-refractivity contribution in [2.45, 2.75) is 19.4 Å². The molecule has 0 unspecified atom stereocenters. The molecular formula is C7H8Br2OS. The van der Waals surface area contributed by atoms with Gasteiger partial charge in [0.15, 0.2) is 0 Å². The summed E-state index contributed by atoms with van der Waals surface area (Å²) in [5.41, 5.74) is 0. The van der Waals surface area contributed by atoms with Crippen LogP contribution in [-0.4, -0.2) is 5.11 Å². The number of halogens is 2. The Morgan fingerprint density at radius 3 is 2.64 bits per heavy atom. The first kappa shape index (κ1) is 9.71. The lowest BCUT2D eigenvalue weighted by Gasteiger charge is -2.04. The second-order valence-electron chi connectivity index (χ2n) is 2.19. The molecule has 1 rings (SSSR count). The lowest BCUT2D eigenvalue weighted by Crippen LogP contribution is -1.91. The predicted molar refractivity (Wildman–Crippen MR) is 55.0 cm³/mol. The maximum atomic E-state index is 9.48. The average Bonchev–Trinajstić information content (AvgIpc) is 2.32. The number of hydrogen-bond acceptors (Lipinski definition) is 2. The van der Waals surface area contributed by atoms with E-state index in [1.165, 1.54) is 0 Å². The summed E-state index contributed by atoms with van der Waals surface area (Å²) in [6.45, 7) is 1.96. The van der Waals surface area contributed by atoms with Crippen molar-refractivity contribution in [1.29, 1.82) is 0 Å². The van der Waals surface area contributed by atoms with Crippen molar-refractivity contribution in [2.24, 2.45) is 0 Å². The van der Waals surface area contributed by atoms with E-state index in [1.54, 1.807) is 11.3 Å². The molecule has 0 aliphatic carbocycles. The van der Waals surface area contributed by atoms with Crippen molar-refractivity contribution in [3.8, 4) is 0 Å². The summed E-state index contributed by atoms with van der Waals surface area (Å²) >= 11 is 8.33. The standard InChI is InChI=1S/C7H8Br2OS/c1-2-5(10)7-6(9)4(8)3-11-7/h3,5,10H,2H2,1H3/t5-/m1/s1. The van der Waals surface area contributed by atoms with Crippen LogP contribution >= 0.6 is 43.2 Å². The molecule has 11 heavy (non-hydrogen) atoms. The third kappa shape index (κ3) is 2.05. The molecule has 0 aromatic carbocycles. The highest BCUT2D eigenvalue weighted by Crippen LogP contribution is 2.37. The highest BCUT2D eigenvalue weighted by atomic mass is 79.9. The molecule has 1 heterocycles. The first-order valence-electron chi connectivity index (χ1n) is 3.27. The van der Waals surface area contributed by atoms with E-state index in [-0.39, 0.29) is 6.10 Å². The van der Waals surface area contributed by atoms with Gasteiger partial charge >= 0.3 is 0 Å². The molecule has 1 aromatic rings. The number of hydrogen-bond donors (Lipinski definition) is 1. The minimum Gasteiger partial charge on any atom is -0.388 e. The minimum atomic E-state index is -0.333. The summed E-state index contributed by atoms with van der Waals surface area (Å²) in [5, 5.41) is 11.5.